The molecule has 2 N–H and O–H groups in total. The average Bonchev–Trinajstić information content (AvgIpc) is 2.77. The summed E-state index contributed by atoms with van der Waals surface area (Å²) in [6.07, 6.45) is 3.54. The minimum Gasteiger partial charge on any atom is -0.493 e. The molecular weight excluding hydrogens is 294 g/mol. The predicted molar refractivity (Wildman–Crippen MR) is 74.7 cm³/mol. The van der Waals surface area contributed by atoms with Gasteiger partial charge in [-0.2, -0.15) is 5.10 Å². The summed E-state index contributed by atoms with van der Waals surface area (Å²) < 4.78 is 8.02. The molecule has 0 amide bonds. The van der Waals surface area contributed by atoms with Gasteiger partial charge in [0, 0.05) is 10.5 Å². The van der Waals surface area contributed by atoms with Crippen molar-refractivity contribution in [1.82, 2.24) is 9.78 Å². The van der Waals surface area contributed by atoms with Crippen molar-refractivity contribution in [2.24, 2.45) is 5.73 Å². The number of nitrogens with zero attached hydrogens (tertiary/aromatic N) is 2. The first-order valence-corrected chi connectivity index (χ1v) is 6.50. The molecule has 0 saturated carbocycles. The Kier molecular flexibility index (Phi) is 4.04. The third kappa shape index (κ3) is 2.73. The second-order valence-corrected chi connectivity index (χ2v) is 5.13. The van der Waals surface area contributed by atoms with Crippen molar-refractivity contribution >= 4 is 15.9 Å². The van der Waals surface area contributed by atoms with E-state index in [0.29, 0.717) is 0 Å². The summed E-state index contributed by atoms with van der Waals surface area (Å²) in [5, 5.41) is 4.31. The Hall–Kier alpha value is -1.33. The first-order chi connectivity index (χ1) is 8.61. The number of methoxy groups -OCH3 is 1. The zero-order valence-corrected chi connectivity index (χ0v) is 12.0. The summed E-state index contributed by atoms with van der Waals surface area (Å²) in [5.41, 5.74) is 7.20. The fourth-order valence-electron chi connectivity index (χ4n) is 1.97. The summed E-state index contributed by atoms with van der Waals surface area (Å²) in [4.78, 5) is 0. The molecule has 0 spiro atoms. The van der Waals surface area contributed by atoms with E-state index in [1.807, 2.05) is 36.0 Å². The summed E-state index contributed by atoms with van der Waals surface area (Å²) in [6, 6.07) is 8.03. The lowest BCUT2D eigenvalue weighted by Crippen LogP contribution is -2.30. The highest BCUT2D eigenvalue weighted by atomic mass is 79.9. The molecule has 1 aromatic heterocycles. The van der Waals surface area contributed by atoms with Crippen molar-refractivity contribution < 1.29 is 4.74 Å². The van der Waals surface area contributed by atoms with Crippen LogP contribution in [-0.2, 0) is 0 Å². The van der Waals surface area contributed by atoms with Gasteiger partial charge in [0.15, 0.2) is 5.75 Å². The van der Waals surface area contributed by atoms with E-state index < -0.39 is 0 Å². The van der Waals surface area contributed by atoms with Crippen LogP contribution in [0, 0.1) is 0 Å². The quantitative estimate of drug-likeness (QED) is 0.944. The molecule has 0 aliphatic carbocycles. The molecule has 2 aromatic rings. The van der Waals surface area contributed by atoms with Crippen molar-refractivity contribution in [1.29, 1.82) is 0 Å². The highest BCUT2D eigenvalue weighted by Gasteiger charge is 2.19. The van der Waals surface area contributed by atoms with Gasteiger partial charge in [0.25, 0.3) is 0 Å². The van der Waals surface area contributed by atoms with Crippen molar-refractivity contribution in [3.8, 4) is 5.75 Å². The van der Waals surface area contributed by atoms with Crippen LogP contribution in [-0.4, -0.2) is 22.9 Å². The van der Waals surface area contributed by atoms with E-state index in [-0.39, 0.29) is 12.1 Å². The standard InChI is InChI=1S/C13H16BrN3O/c1-9(15)13(10-4-3-5-11(14)6-10)17-8-12(18-2)7-16-17/h3-9,13H,15H2,1-2H3. The van der Waals surface area contributed by atoms with Gasteiger partial charge in [0.2, 0.25) is 0 Å². The third-order valence-electron chi connectivity index (χ3n) is 2.79. The van der Waals surface area contributed by atoms with Crippen LogP contribution in [0.1, 0.15) is 18.5 Å². The zero-order chi connectivity index (χ0) is 13.1. The Balaban J connectivity index is 2.39. The van der Waals surface area contributed by atoms with Crippen LogP contribution in [0.5, 0.6) is 5.75 Å². The average molecular weight is 310 g/mol. The molecule has 0 bridgehead atoms. The van der Waals surface area contributed by atoms with Gasteiger partial charge in [-0.05, 0) is 24.6 Å². The van der Waals surface area contributed by atoms with Gasteiger partial charge in [-0.1, -0.05) is 28.1 Å². The van der Waals surface area contributed by atoms with Gasteiger partial charge in [-0.3, -0.25) is 4.68 Å². The molecule has 0 aliphatic rings. The predicted octanol–water partition coefficient (Wildman–Crippen LogP) is 2.59. The van der Waals surface area contributed by atoms with Gasteiger partial charge in [-0.15, -0.1) is 0 Å². The van der Waals surface area contributed by atoms with Crippen molar-refractivity contribution in [2.75, 3.05) is 7.11 Å². The van der Waals surface area contributed by atoms with Crippen LogP contribution in [0.25, 0.3) is 0 Å². The fourth-order valence-corrected chi connectivity index (χ4v) is 2.38. The summed E-state index contributed by atoms with van der Waals surface area (Å²) in [7, 11) is 1.63. The first-order valence-electron chi connectivity index (χ1n) is 5.71. The van der Waals surface area contributed by atoms with Gasteiger partial charge < -0.3 is 10.5 Å². The van der Waals surface area contributed by atoms with Crippen LogP contribution < -0.4 is 10.5 Å². The normalized spacial score (nSPS) is 14.2. The van der Waals surface area contributed by atoms with Crippen LogP contribution >= 0.6 is 15.9 Å². The number of aromatic nitrogens is 2. The Morgan fingerprint density at radius 1 is 1.44 bits per heavy atom. The van der Waals surface area contributed by atoms with E-state index in [9.17, 15) is 0 Å². The van der Waals surface area contributed by atoms with Crippen molar-refractivity contribution in [3.05, 3.63) is 46.7 Å². The second-order valence-electron chi connectivity index (χ2n) is 4.22. The summed E-state index contributed by atoms with van der Waals surface area (Å²) in [6.45, 7) is 1.97. The van der Waals surface area contributed by atoms with Crippen LogP contribution in [0.3, 0.4) is 0 Å². The number of halogens is 1. The van der Waals surface area contributed by atoms with E-state index in [2.05, 4.69) is 27.1 Å². The molecule has 2 unspecified atom stereocenters. The SMILES string of the molecule is COc1cnn(C(c2cccc(Br)c2)C(C)N)c1. The zero-order valence-electron chi connectivity index (χ0n) is 10.4. The molecule has 2 rings (SSSR count). The van der Waals surface area contributed by atoms with Gasteiger partial charge in [0.05, 0.1) is 25.5 Å². The van der Waals surface area contributed by atoms with Gasteiger partial charge >= 0.3 is 0 Å². The first kappa shape index (κ1) is 13.1. The van der Waals surface area contributed by atoms with Gasteiger partial charge in [0.1, 0.15) is 0 Å². The molecule has 0 radical (unpaired) electrons. The van der Waals surface area contributed by atoms with Crippen LogP contribution in [0.4, 0.5) is 0 Å². The van der Waals surface area contributed by atoms with Crippen LogP contribution in [0.15, 0.2) is 41.1 Å². The number of rotatable bonds is 4. The van der Waals surface area contributed by atoms with Crippen molar-refractivity contribution in [3.63, 3.8) is 0 Å². The molecule has 96 valence electrons. The lowest BCUT2D eigenvalue weighted by atomic mass is 10.0. The maximum absolute atomic E-state index is 6.08. The topological polar surface area (TPSA) is 53.1 Å². The van der Waals surface area contributed by atoms with E-state index in [1.54, 1.807) is 13.3 Å². The third-order valence-corrected chi connectivity index (χ3v) is 3.28. The molecule has 1 heterocycles. The highest BCUT2D eigenvalue weighted by Crippen LogP contribution is 2.25. The molecule has 4 nitrogen and oxygen atoms in total. The molecule has 5 heteroatoms. The Morgan fingerprint density at radius 3 is 2.78 bits per heavy atom. The second kappa shape index (κ2) is 5.54. The van der Waals surface area contributed by atoms with E-state index in [0.717, 1.165) is 15.8 Å². The summed E-state index contributed by atoms with van der Waals surface area (Å²) >= 11 is 3.48. The lowest BCUT2D eigenvalue weighted by molar-refractivity contribution is 0.409. The Labute approximate surface area is 115 Å². The minimum absolute atomic E-state index is 0.00796. The number of nitrogens with two attached hydrogens (primary N) is 1. The lowest BCUT2D eigenvalue weighted by Gasteiger charge is -2.22. The molecule has 18 heavy (non-hydrogen) atoms. The molecule has 2 atom stereocenters. The highest BCUT2D eigenvalue weighted by molar-refractivity contribution is 9.10. The Morgan fingerprint density at radius 2 is 2.22 bits per heavy atom. The van der Waals surface area contributed by atoms with E-state index in [1.165, 1.54) is 0 Å². The molecule has 0 aliphatic heterocycles. The number of hydrogen-bond acceptors (Lipinski definition) is 3. The number of ether oxygens (including phenoxy) is 1. The largest absolute Gasteiger partial charge is 0.493 e. The maximum atomic E-state index is 6.08. The smallest absolute Gasteiger partial charge is 0.156 e. The minimum atomic E-state index is -0.0519. The number of benzene rings is 1. The number of hydrogen-bond donors (Lipinski definition) is 1. The van der Waals surface area contributed by atoms with E-state index >= 15 is 0 Å². The monoisotopic (exact) mass is 309 g/mol. The molecule has 1 aromatic carbocycles. The fraction of sp³-hybridized carbons (Fsp3) is 0.308. The van der Waals surface area contributed by atoms with Crippen LogP contribution in [0.2, 0.25) is 0 Å². The van der Waals surface area contributed by atoms with E-state index in [4.69, 9.17) is 10.5 Å². The van der Waals surface area contributed by atoms with Gasteiger partial charge in [-0.25, -0.2) is 0 Å². The molecular formula is C13H16BrN3O. The molecule has 0 fully saturated rings. The van der Waals surface area contributed by atoms with Crippen molar-refractivity contribution in [2.45, 2.75) is 19.0 Å². The summed E-state index contributed by atoms with van der Waals surface area (Å²) in [5.74, 6) is 0.732. The Bertz CT molecular complexity index is 524. The molecule has 0 saturated heterocycles. The maximum Gasteiger partial charge on any atom is 0.156 e.